The highest BCUT2D eigenvalue weighted by atomic mass is 16.6. The summed E-state index contributed by atoms with van der Waals surface area (Å²) < 4.78 is 9.98. The zero-order chi connectivity index (χ0) is 12.8. The minimum atomic E-state index is -0.552. The fourth-order valence-electron chi connectivity index (χ4n) is 1.35. The molecule has 0 atom stereocenters. The number of benzene rings is 1. The Labute approximate surface area is 97.5 Å². The molecule has 0 aliphatic rings. The summed E-state index contributed by atoms with van der Waals surface area (Å²) in [6, 6.07) is 2.70. The second-order valence-corrected chi connectivity index (χ2v) is 3.05. The average molecular weight is 239 g/mol. The first-order chi connectivity index (χ1) is 8.13. The van der Waals surface area contributed by atoms with Crippen molar-refractivity contribution in [2.45, 2.75) is 6.54 Å². The van der Waals surface area contributed by atoms with Crippen LogP contribution in [0.25, 0.3) is 0 Å². The highest BCUT2D eigenvalue weighted by molar-refractivity contribution is 5.55. The molecule has 0 saturated heterocycles. The van der Waals surface area contributed by atoms with Gasteiger partial charge >= 0.3 is 6.41 Å². The Bertz CT molecular complexity index is 433. The molecule has 0 aliphatic carbocycles. The van der Waals surface area contributed by atoms with Crippen LogP contribution >= 0.6 is 0 Å². The lowest BCUT2D eigenvalue weighted by molar-refractivity contribution is -0.385. The van der Waals surface area contributed by atoms with Crippen molar-refractivity contribution in [3.8, 4) is 11.5 Å². The standard InChI is InChI=1S/C10H11N2O5/c1-16-9-3-7(5-11-6-13)8(12(14)15)4-10(9)17-2/h3-4H,5H2,1-2H3,(H,11,13). The summed E-state index contributed by atoms with van der Waals surface area (Å²) in [5.74, 6) is 0.624. The Hall–Kier alpha value is -2.31. The van der Waals surface area contributed by atoms with Crippen molar-refractivity contribution >= 4 is 12.1 Å². The second-order valence-electron chi connectivity index (χ2n) is 3.05. The molecule has 0 bridgehead atoms. The van der Waals surface area contributed by atoms with Gasteiger partial charge in [-0.05, 0) is 6.07 Å². The number of nitro groups is 1. The van der Waals surface area contributed by atoms with Crippen LogP contribution in [0.15, 0.2) is 12.1 Å². The van der Waals surface area contributed by atoms with Crippen molar-refractivity contribution in [3.63, 3.8) is 0 Å². The molecule has 1 amide bonds. The number of hydrogen-bond donors (Lipinski definition) is 1. The summed E-state index contributed by atoms with van der Waals surface area (Å²) in [6.07, 6.45) is 1.45. The third-order valence-corrected chi connectivity index (χ3v) is 2.13. The molecule has 0 spiro atoms. The van der Waals surface area contributed by atoms with Gasteiger partial charge in [-0.1, -0.05) is 0 Å². The van der Waals surface area contributed by atoms with Gasteiger partial charge in [0, 0.05) is 0 Å². The first-order valence-electron chi connectivity index (χ1n) is 4.63. The largest absolute Gasteiger partial charge is 0.493 e. The molecule has 91 valence electrons. The Morgan fingerprint density at radius 3 is 2.41 bits per heavy atom. The highest BCUT2D eigenvalue weighted by Crippen LogP contribution is 2.34. The number of hydrogen-bond acceptors (Lipinski definition) is 5. The van der Waals surface area contributed by atoms with Crippen molar-refractivity contribution in [2.24, 2.45) is 0 Å². The van der Waals surface area contributed by atoms with Gasteiger partial charge in [-0.2, -0.15) is 0 Å². The van der Waals surface area contributed by atoms with Crippen molar-refractivity contribution in [3.05, 3.63) is 27.8 Å². The third kappa shape index (κ3) is 2.83. The maximum absolute atomic E-state index is 10.8. The molecule has 1 rings (SSSR count). The van der Waals surface area contributed by atoms with Gasteiger partial charge in [-0.3, -0.25) is 14.9 Å². The summed E-state index contributed by atoms with van der Waals surface area (Å²) in [4.78, 5) is 20.4. The molecule has 0 heterocycles. The number of rotatable bonds is 6. The average Bonchev–Trinajstić information content (AvgIpc) is 2.34. The number of methoxy groups -OCH3 is 2. The molecule has 0 aromatic heterocycles. The van der Waals surface area contributed by atoms with E-state index in [1.54, 1.807) is 0 Å². The molecule has 0 aliphatic heterocycles. The second kappa shape index (κ2) is 5.69. The lowest BCUT2D eigenvalue weighted by Crippen LogP contribution is -2.11. The van der Waals surface area contributed by atoms with Crippen molar-refractivity contribution in [1.82, 2.24) is 5.32 Å². The van der Waals surface area contributed by atoms with E-state index in [4.69, 9.17) is 9.47 Å². The third-order valence-electron chi connectivity index (χ3n) is 2.13. The lowest BCUT2D eigenvalue weighted by Gasteiger charge is -2.09. The van der Waals surface area contributed by atoms with Gasteiger partial charge in [0.2, 0.25) is 0 Å². The number of amides is 1. The Morgan fingerprint density at radius 1 is 1.35 bits per heavy atom. The molecule has 1 aromatic rings. The summed E-state index contributed by atoms with van der Waals surface area (Å²) in [5.41, 5.74) is 0.168. The van der Waals surface area contributed by atoms with E-state index in [-0.39, 0.29) is 18.0 Å². The first kappa shape index (κ1) is 12.8. The molecule has 17 heavy (non-hydrogen) atoms. The molecule has 0 saturated carbocycles. The van der Waals surface area contributed by atoms with Gasteiger partial charge in [0.05, 0.1) is 37.3 Å². The number of ether oxygens (including phenoxy) is 2. The van der Waals surface area contributed by atoms with E-state index in [1.807, 2.05) is 0 Å². The smallest absolute Gasteiger partial charge is 0.309 e. The SMILES string of the molecule is COc1cc(CN[C]=O)c([N+](=O)[O-])cc1OC. The number of nitrogens with zero attached hydrogens (tertiary/aromatic N) is 1. The molecular weight excluding hydrogens is 228 g/mol. The van der Waals surface area contributed by atoms with Crippen LogP contribution in [-0.2, 0) is 11.3 Å². The topological polar surface area (TPSA) is 90.7 Å². The van der Waals surface area contributed by atoms with Crippen LogP contribution in [0.5, 0.6) is 11.5 Å². The normalized spacial score (nSPS) is 9.53. The number of nitrogens with one attached hydrogen (secondary N) is 1. The summed E-state index contributed by atoms with van der Waals surface area (Å²) in [7, 11) is 2.81. The van der Waals surface area contributed by atoms with Gasteiger partial charge in [0.25, 0.3) is 5.69 Å². The van der Waals surface area contributed by atoms with E-state index < -0.39 is 4.92 Å². The zero-order valence-corrected chi connectivity index (χ0v) is 9.35. The first-order valence-corrected chi connectivity index (χ1v) is 4.63. The van der Waals surface area contributed by atoms with E-state index in [1.165, 1.54) is 32.8 Å². The Balaban J connectivity index is 3.24. The molecule has 0 fully saturated rings. The number of carbonyl (C=O) groups excluding carboxylic acids is 1. The zero-order valence-electron chi connectivity index (χ0n) is 9.35. The predicted octanol–water partition coefficient (Wildman–Crippen LogP) is 0.769. The van der Waals surface area contributed by atoms with Crippen LogP contribution in [0.4, 0.5) is 5.69 Å². The molecule has 1 aromatic carbocycles. The molecule has 7 heteroatoms. The maximum Gasteiger partial charge on any atom is 0.309 e. The van der Waals surface area contributed by atoms with Crippen LogP contribution in [0.3, 0.4) is 0 Å². The maximum atomic E-state index is 10.8. The summed E-state index contributed by atoms with van der Waals surface area (Å²) in [5, 5.41) is 13.1. The van der Waals surface area contributed by atoms with E-state index in [0.717, 1.165) is 0 Å². The fourth-order valence-corrected chi connectivity index (χ4v) is 1.35. The quantitative estimate of drug-likeness (QED) is 0.449. The summed E-state index contributed by atoms with van der Waals surface area (Å²) >= 11 is 0. The fraction of sp³-hybridized carbons (Fsp3) is 0.300. The van der Waals surface area contributed by atoms with Gasteiger partial charge in [0.1, 0.15) is 0 Å². The van der Waals surface area contributed by atoms with E-state index in [0.29, 0.717) is 11.3 Å². The number of nitro benzene ring substituents is 1. The molecule has 0 unspecified atom stereocenters. The Morgan fingerprint density at radius 2 is 1.94 bits per heavy atom. The van der Waals surface area contributed by atoms with Crippen LogP contribution < -0.4 is 14.8 Å². The van der Waals surface area contributed by atoms with Crippen molar-refractivity contribution < 1.29 is 19.2 Å². The van der Waals surface area contributed by atoms with Crippen LogP contribution in [0.2, 0.25) is 0 Å². The van der Waals surface area contributed by atoms with E-state index in [2.05, 4.69) is 5.32 Å². The van der Waals surface area contributed by atoms with Crippen LogP contribution in [-0.4, -0.2) is 25.6 Å². The summed E-state index contributed by atoms with van der Waals surface area (Å²) in [6.45, 7) is 0.000166. The van der Waals surface area contributed by atoms with Crippen molar-refractivity contribution in [1.29, 1.82) is 0 Å². The minimum absolute atomic E-state index is 0.000166. The molecule has 1 N–H and O–H groups in total. The molecule has 7 nitrogen and oxygen atoms in total. The van der Waals surface area contributed by atoms with Gasteiger partial charge < -0.3 is 14.8 Å². The van der Waals surface area contributed by atoms with Gasteiger partial charge in [-0.25, -0.2) is 0 Å². The predicted molar refractivity (Wildman–Crippen MR) is 58.7 cm³/mol. The van der Waals surface area contributed by atoms with Crippen molar-refractivity contribution in [2.75, 3.05) is 14.2 Å². The molecular formula is C10H11N2O5. The van der Waals surface area contributed by atoms with Crippen LogP contribution in [0, 0.1) is 10.1 Å². The monoisotopic (exact) mass is 239 g/mol. The van der Waals surface area contributed by atoms with Crippen LogP contribution in [0.1, 0.15) is 5.56 Å². The van der Waals surface area contributed by atoms with E-state index >= 15 is 0 Å². The van der Waals surface area contributed by atoms with Gasteiger partial charge in [-0.15, -0.1) is 0 Å². The molecule has 1 radical (unpaired) electrons. The van der Waals surface area contributed by atoms with Gasteiger partial charge in [0.15, 0.2) is 11.5 Å². The lowest BCUT2D eigenvalue weighted by atomic mass is 10.1. The highest BCUT2D eigenvalue weighted by Gasteiger charge is 2.18. The van der Waals surface area contributed by atoms with E-state index in [9.17, 15) is 14.9 Å². The minimum Gasteiger partial charge on any atom is -0.493 e. The Kier molecular flexibility index (Phi) is 4.27.